The minimum Gasteiger partial charge on any atom is -0.396 e. The summed E-state index contributed by atoms with van der Waals surface area (Å²) in [6.45, 7) is 4.97. The molecule has 2 rings (SSSR count). The van der Waals surface area contributed by atoms with Gasteiger partial charge in [0.2, 0.25) is 0 Å². The summed E-state index contributed by atoms with van der Waals surface area (Å²) >= 11 is 0. The van der Waals surface area contributed by atoms with E-state index in [4.69, 9.17) is 0 Å². The Morgan fingerprint density at radius 2 is 2.15 bits per heavy atom. The number of nitriles is 1. The van der Waals surface area contributed by atoms with Crippen molar-refractivity contribution in [2.75, 3.05) is 18.5 Å². The Balaban J connectivity index is 2.19. The first-order valence-corrected chi connectivity index (χ1v) is 7.45. The third-order valence-corrected chi connectivity index (χ3v) is 4.64. The van der Waals surface area contributed by atoms with Crippen LogP contribution in [0.1, 0.15) is 49.9 Å². The van der Waals surface area contributed by atoms with Gasteiger partial charge in [-0.1, -0.05) is 13.8 Å². The van der Waals surface area contributed by atoms with Gasteiger partial charge in [-0.15, -0.1) is 0 Å². The maximum atomic E-state index is 9.61. The molecule has 1 heterocycles. The molecule has 4 heteroatoms. The number of fused-ring (bicyclic) bond motifs is 1. The molecule has 0 aromatic carbocycles. The lowest BCUT2D eigenvalue weighted by molar-refractivity contribution is 0.127. The molecule has 0 saturated carbocycles. The van der Waals surface area contributed by atoms with Crippen LogP contribution in [0.25, 0.3) is 0 Å². The molecule has 1 aromatic heterocycles. The molecule has 1 aliphatic carbocycles. The van der Waals surface area contributed by atoms with Crippen LogP contribution in [-0.2, 0) is 12.8 Å². The average Bonchev–Trinajstić information content (AvgIpc) is 2.95. The van der Waals surface area contributed by atoms with Crippen LogP contribution < -0.4 is 5.32 Å². The Bertz CT molecular complexity index is 507. The molecule has 0 bridgehead atoms. The second-order valence-electron chi connectivity index (χ2n) is 5.67. The molecule has 2 N–H and O–H groups in total. The Kier molecular flexibility index (Phi) is 4.61. The van der Waals surface area contributed by atoms with Crippen molar-refractivity contribution in [3.8, 4) is 6.07 Å². The summed E-state index contributed by atoms with van der Waals surface area (Å²) in [5, 5.41) is 22.2. The predicted molar refractivity (Wildman–Crippen MR) is 79.6 cm³/mol. The monoisotopic (exact) mass is 273 g/mol. The quantitative estimate of drug-likeness (QED) is 0.836. The second-order valence-corrected chi connectivity index (χ2v) is 5.67. The van der Waals surface area contributed by atoms with Gasteiger partial charge in [0, 0.05) is 17.7 Å². The van der Waals surface area contributed by atoms with Crippen molar-refractivity contribution in [1.29, 1.82) is 5.26 Å². The molecule has 0 atom stereocenters. The summed E-state index contributed by atoms with van der Waals surface area (Å²) in [4.78, 5) is 4.61. The molecule has 0 fully saturated rings. The minimum atomic E-state index is -0.132. The van der Waals surface area contributed by atoms with Crippen LogP contribution in [0.15, 0.2) is 6.07 Å². The van der Waals surface area contributed by atoms with E-state index < -0.39 is 0 Å². The molecule has 4 nitrogen and oxygen atoms in total. The molecule has 0 radical (unpaired) electrons. The van der Waals surface area contributed by atoms with Crippen molar-refractivity contribution >= 4 is 5.82 Å². The Morgan fingerprint density at radius 1 is 1.40 bits per heavy atom. The normalized spacial score (nSPS) is 13.9. The van der Waals surface area contributed by atoms with E-state index in [9.17, 15) is 10.4 Å². The number of hydrogen-bond acceptors (Lipinski definition) is 4. The number of nitrogens with zero attached hydrogens (tertiary/aromatic N) is 2. The molecular formula is C16H23N3O. The highest BCUT2D eigenvalue weighted by Gasteiger charge is 2.26. The first kappa shape index (κ1) is 14.8. The number of aliphatic hydroxyl groups excluding tert-OH is 1. The second kappa shape index (κ2) is 6.23. The first-order valence-electron chi connectivity index (χ1n) is 7.45. The van der Waals surface area contributed by atoms with Gasteiger partial charge < -0.3 is 10.4 Å². The summed E-state index contributed by atoms with van der Waals surface area (Å²) in [5.41, 5.74) is 2.82. The van der Waals surface area contributed by atoms with Crippen molar-refractivity contribution in [3.05, 3.63) is 22.9 Å². The molecule has 0 spiro atoms. The average molecular weight is 273 g/mol. The van der Waals surface area contributed by atoms with Crippen molar-refractivity contribution in [3.63, 3.8) is 0 Å². The Hall–Kier alpha value is -1.60. The lowest BCUT2D eigenvalue weighted by Crippen LogP contribution is -2.32. The van der Waals surface area contributed by atoms with Crippen molar-refractivity contribution in [1.82, 2.24) is 4.98 Å². The highest BCUT2D eigenvalue weighted by molar-refractivity contribution is 5.55. The van der Waals surface area contributed by atoms with Gasteiger partial charge in [-0.25, -0.2) is 4.98 Å². The van der Waals surface area contributed by atoms with Gasteiger partial charge in [0.1, 0.15) is 11.9 Å². The van der Waals surface area contributed by atoms with E-state index in [2.05, 4.69) is 30.2 Å². The molecule has 0 saturated heterocycles. The number of anilines is 1. The largest absolute Gasteiger partial charge is 0.396 e. The van der Waals surface area contributed by atoms with Gasteiger partial charge in [0.25, 0.3) is 0 Å². The zero-order valence-electron chi connectivity index (χ0n) is 12.4. The van der Waals surface area contributed by atoms with Crippen LogP contribution >= 0.6 is 0 Å². The number of hydrogen-bond donors (Lipinski definition) is 2. The fourth-order valence-corrected chi connectivity index (χ4v) is 2.74. The van der Waals surface area contributed by atoms with E-state index >= 15 is 0 Å². The molecule has 0 unspecified atom stereocenters. The molecule has 0 amide bonds. The Morgan fingerprint density at radius 3 is 2.75 bits per heavy atom. The zero-order chi connectivity index (χ0) is 14.6. The van der Waals surface area contributed by atoms with E-state index in [1.807, 2.05) is 6.07 Å². The van der Waals surface area contributed by atoms with E-state index in [0.717, 1.165) is 37.8 Å². The molecule has 0 aliphatic heterocycles. The van der Waals surface area contributed by atoms with Crippen molar-refractivity contribution in [2.24, 2.45) is 5.41 Å². The molecule has 1 aliphatic rings. The van der Waals surface area contributed by atoms with E-state index in [1.165, 1.54) is 5.56 Å². The smallest absolute Gasteiger partial charge is 0.144 e. The minimum absolute atomic E-state index is 0.132. The third-order valence-electron chi connectivity index (χ3n) is 4.64. The van der Waals surface area contributed by atoms with Gasteiger partial charge in [-0.3, -0.25) is 0 Å². The lowest BCUT2D eigenvalue weighted by atomic mass is 9.83. The van der Waals surface area contributed by atoms with Crippen molar-refractivity contribution in [2.45, 2.75) is 46.0 Å². The number of aliphatic hydroxyl groups is 1. The molecule has 1 aromatic rings. The SMILES string of the molecule is CCC(CC)(CO)CNc1nc2c(cc1C#N)CCC2. The number of aryl methyl sites for hydroxylation is 2. The van der Waals surface area contributed by atoms with Crippen LogP contribution in [0.3, 0.4) is 0 Å². The summed E-state index contributed by atoms with van der Waals surface area (Å²) in [6.07, 6.45) is 4.96. The number of pyridine rings is 1. The van der Waals surface area contributed by atoms with E-state index in [-0.39, 0.29) is 12.0 Å². The highest BCUT2D eigenvalue weighted by Crippen LogP contribution is 2.28. The summed E-state index contributed by atoms with van der Waals surface area (Å²) < 4.78 is 0. The van der Waals surface area contributed by atoms with Crippen molar-refractivity contribution < 1.29 is 5.11 Å². The van der Waals surface area contributed by atoms with Crippen LogP contribution in [0.5, 0.6) is 0 Å². The van der Waals surface area contributed by atoms with Gasteiger partial charge in [-0.05, 0) is 43.7 Å². The highest BCUT2D eigenvalue weighted by atomic mass is 16.3. The molecule has 108 valence electrons. The fourth-order valence-electron chi connectivity index (χ4n) is 2.74. The maximum Gasteiger partial charge on any atom is 0.144 e. The zero-order valence-corrected chi connectivity index (χ0v) is 12.4. The Labute approximate surface area is 120 Å². The maximum absolute atomic E-state index is 9.61. The summed E-state index contributed by atoms with van der Waals surface area (Å²) in [7, 11) is 0. The first-order chi connectivity index (χ1) is 9.68. The number of rotatable bonds is 6. The van der Waals surface area contributed by atoms with Gasteiger partial charge in [0.15, 0.2) is 0 Å². The summed E-state index contributed by atoms with van der Waals surface area (Å²) in [6, 6.07) is 4.20. The van der Waals surface area contributed by atoms with Gasteiger partial charge in [-0.2, -0.15) is 5.26 Å². The van der Waals surface area contributed by atoms with Gasteiger partial charge >= 0.3 is 0 Å². The van der Waals surface area contributed by atoms with Gasteiger partial charge in [0.05, 0.1) is 12.2 Å². The lowest BCUT2D eigenvalue weighted by Gasteiger charge is -2.30. The van der Waals surface area contributed by atoms with Crippen LogP contribution in [0.4, 0.5) is 5.82 Å². The number of nitrogens with one attached hydrogen (secondary N) is 1. The molecular weight excluding hydrogens is 250 g/mol. The van der Waals surface area contributed by atoms with E-state index in [1.54, 1.807) is 0 Å². The van der Waals surface area contributed by atoms with Crippen LogP contribution in [0, 0.1) is 16.7 Å². The fraction of sp³-hybridized carbons (Fsp3) is 0.625. The third kappa shape index (κ3) is 2.78. The van der Waals surface area contributed by atoms with E-state index in [0.29, 0.717) is 17.9 Å². The van der Waals surface area contributed by atoms with Crippen LogP contribution in [0.2, 0.25) is 0 Å². The van der Waals surface area contributed by atoms with Crippen LogP contribution in [-0.4, -0.2) is 23.2 Å². The predicted octanol–water partition coefficient (Wildman–Crippen LogP) is 2.65. The number of aromatic nitrogens is 1. The molecule has 20 heavy (non-hydrogen) atoms. The summed E-state index contributed by atoms with van der Waals surface area (Å²) in [5.74, 6) is 0.674. The standard InChI is InChI=1S/C16H23N3O/c1-3-16(4-2,11-20)10-18-15-13(9-17)8-12-6-5-7-14(12)19-15/h8,20H,3-7,10-11H2,1-2H3,(H,18,19). The topological polar surface area (TPSA) is 68.9 Å².